The number of amides is 1. The first-order valence-corrected chi connectivity index (χ1v) is 5.85. The first-order chi connectivity index (χ1) is 8.58. The summed E-state index contributed by atoms with van der Waals surface area (Å²) in [5.74, 6) is -0.0711. The molecule has 0 bridgehead atoms. The van der Waals surface area contributed by atoms with Crippen LogP contribution in [0.1, 0.15) is 17.3 Å². The van der Waals surface area contributed by atoms with Gasteiger partial charge in [0.1, 0.15) is 0 Å². The fourth-order valence-electron chi connectivity index (χ4n) is 2.03. The molecule has 1 fully saturated rings. The van der Waals surface area contributed by atoms with Gasteiger partial charge in [-0.15, -0.1) is 0 Å². The van der Waals surface area contributed by atoms with Crippen LogP contribution < -0.4 is 5.32 Å². The lowest BCUT2D eigenvalue weighted by molar-refractivity contribution is -0.384. The number of nitro groups is 1. The van der Waals surface area contributed by atoms with E-state index >= 15 is 0 Å². The van der Waals surface area contributed by atoms with Gasteiger partial charge in [-0.05, 0) is 19.1 Å². The molecule has 0 unspecified atom stereocenters. The predicted molar refractivity (Wildman–Crippen MR) is 66.5 cm³/mol. The Morgan fingerprint density at radius 3 is 2.67 bits per heavy atom. The van der Waals surface area contributed by atoms with E-state index < -0.39 is 4.92 Å². The molecular weight excluding hydrogens is 234 g/mol. The van der Waals surface area contributed by atoms with Crippen molar-refractivity contribution in [2.75, 3.05) is 19.6 Å². The number of carbonyl (C=O) groups is 1. The quantitative estimate of drug-likeness (QED) is 0.627. The molecule has 1 aliphatic rings. The van der Waals surface area contributed by atoms with Crippen molar-refractivity contribution in [1.82, 2.24) is 10.2 Å². The highest BCUT2D eigenvalue weighted by molar-refractivity contribution is 5.94. The van der Waals surface area contributed by atoms with Crippen molar-refractivity contribution >= 4 is 11.6 Å². The third-order valence-corrected chi connectivity index (χ3v) is 2.98. The lowest BCUT2D eigenvalue weighted by Crippen LogP contribution is -2.51. The molecular formula is C12H15N3O3. The first-order valence-electron chi connectivity index (χ1n) is 5.85. The van der Waals surface area contributed by atoms with E-state index in [4.69, 9.17) is 0 Å². The topological polar surface area (TPSA) is 75.5 Å². The van der Waals surface area contributed by atoms with Gasteiger partial charge in [-0.1, -0.05) is 0 Å². The zero-order chi connectivity index (χ0) is 13.1. The van der Waals surface area contributed by atoms with Gasteiger partial charge in [0.05, 0.1) is 4.92 Å². The molecule has 96 valence electrons. The molecule has 1 N–H and O–H groups in total. The van der Waals surface area contributed by atoms with Crippen LogP contribution in [-0.2, 0) is 0 Å². The number of benzene rings is 1. The van der Waals surface area contributed by atoms with Gasteiger partial charge in [-0.3, -0.25) is 14.9 Å². The van der Waals surface area contributed by atoms with Gasteiger partial charge in [0, 0.05) is 43.4 Å². The third-order valence-electron chi connectivity index (χ3n) is 2.98. The Morgan fingerprint density at radius 1 is 1.44 bits per heavy atom. The van der Waals surface area contributed by atoms with Crippen LogP contribution >= 0.6 is 0 Å². The van der Waals surface area contributed by atoms with E-state index in [1.807, 2.05) is 6.92 Å². The molecule has 0 spiro atoms. The number of hydrogen-bond donors (Lipinski definition) is 1. The van der Waals surface area contributed by atoms with Crippen molar-refractivity contribution in [3.05, 3.63) is 39.9 Å². The van der Waals surface area contributed by atoms with Crippen LogP contribution in [0.3, 0.4) is 0 Å². The number of nitro benzene ring substituents is 1. The summed E-state index contributed by atoms with van der Waals surface area (Å²) < 4.78 is 0. The van der Waals surface area contributed by atoms with Crippen LogP contribution in [0, 0.1) is 10.1 Å². The minimum absolute atomic E-state index is 0.000212. The normalized spacial score (nSPS) is 19.6. The molecule has 1 amide bonds. The Hall–Kier alpha value is -1.95. The van der Waals surface area contributed by atoms with Gasteiger partial charge < -0.3 is 10.2 Å². The largest absolute Gasteiger partial charge is 0.336 e. The zero-order valence-corrected chi connectivity index (χ0v) is 10.1. The third kappa shape index (κ3) is 2.65. The molecule has 6 nitrogen and oxygen atoms in total. The molecule has 1 atom stereocenters. The number of hydrogen-bond acceptors (Lipinski definition) is 4. The SMILES string of the molecule is C[C@H]1CN(C(=O)c2ccc([N+](=O)[O-])cc2)CCN1. The van der Waals surface area contributed by atoms with E-state index in [1.54, 1.807) is 4.90 Å². The number of piperazine rings is 1. The fraction of sp³-hybridized carbons (Fsp3) is 0.417. The first kappa shape index (κ1) is 12.5. The maximum atomic E-state index is 12.2. The van der Waals surface area contributed by atoms with Gasteiger partial charge in [0.2, 0.25) is 0 Å². The van der Waals surface area contributed by atoms with Crippen molar-refractivity contribution in [2.24, 2.45) is 0 Å². The molecule has 0 aliphatic carbocycles. The Labute approximate surface area is 105 Å². The van der Waals surface area contributed by atoms with Gasteiger partial charge in [-0.2, -0.15) is 0 Å². The molecule has 1 aliphatic heterocycles. The predicted octanol–water partition coefficient (Wildman–Crippen LogP) is 1.03. The number of rotatable bonds is 2. The van der Waals surface area contributed by atoms with Crippen LogP contribution in [-0.4, -0.2) is 41.4 Å². The van der Waals surface area contributed by atoms with Crippen molar-refractivity contribution < 1.29 is 9.72 Å². The zero-order valence-electron chi connectivity index (χ0n) is 10.1. The summed E-state index contributed by atoms with van der Waals surface area (Å²) in [6, 6.07) is 6.01. The Kier molecular flexibility index (Phi) is 3.57. The molecule has 6 heteroatoms. The van der Waals surface area contributed by atoms with E-state index in [-0.39, 0.29) is 17.6 Å². The summed E-state index contributed by atoms with van der Waals surface area (Å²) in [6.07, 6.45) is 0. The number of carbonyl (C=O) groups excluding carboxylic acids is 1. The Morgan fingerprint density at radius 2 is 2.11 bits per heavy atom. The smallest absolute Gasteiger partial charge is 0.269 e. The van der Waals surface area contributed by atoms with Crippen molar-refractivity contribution in [3.63, 3.8) is 0 Å². The van der Waals surface area contributed by atoms with Crippen molar-refractivity contribution in [3.8, 4) is 0 Å². The molecule has 1 saturated heterocycles. The summed E-state index contributed by atoms with van der Waals surface area (Å²) in [4.78, 5) is 24.0. The van der Waals surface area contributed by atoms with Gasteiger partial charge >= 0.3 is 0 Å². The highest BCUT2D eigenvalue weighted by atomic mass is 16.6. The maximum absolute atomic E-state index is 12.2. The summed E-state index contributed by atoms with van der Waals surface area (Å²) in [5, 5.41) is 13.8. The summed E-state index contributed by atoms with van der Waals surface area (Å²) in [6.45, 7) is 4.13. The lowest BCUT2D eigenvalue weighted by atomic mass is 10.1. The molecule has 0 saturated carbocycles. The minimum Gasteiger partial charge on any atom is -0.336 e. The van der Waals surface area contributed by atoms with E-state index in [1.165, 1.54) is 24.3 Å². The van der Waals surface area contributed by atoms with Crippen LogP contribution in [0.15, 0.2) is 24.3 Å². The fourth-order valence-corrected chi connectivity index (χ4v) is 2.03. The van der Waals surface area contributed by atoms with Crippen LogP contribution in [0.5, 0.6) is 0 Å². The van der Waals surface area contributed by atoms with Gasteiger partial charge in [0.25, 0.3) is 11.6 Å². The average Bonchev–Trinajstić information content (AvgIpc) is 2.38. The number of nitrogens with one attached hydrogen (secondary N) is 1. The lowest BCUT2D eigenvalue weighted by Gasteiger charge is -2.31. The van der Waals surface area contributed by atoms with Gasteiger partial charge in [-0.25, -0.2) is 0 Å². The molecule has 1 heterocycles. The molecule has 0 aromatic heterocycles. The standard InChI is InChI=1S/C12H15N3O3/c1-9-8-14(7-6-13-9)12(16)10-2-4-11(5-3-10)15(17)18/h2-5,9,13H,6-8H2,1H3/t9-/m0/s1. The number of non-ortho nitro benzene ring substituents is 1. The monoisotopic (exact) mass is 249 g/mol. The summed E-state index contributed by atoms with van der Waals surface area (Å²) >= 11 is 0. The summed E-state index contributed by atoms with van der Waals surface area (Å²) in [7, 11) is 0. The second-order valence-electron chi connectivity index (χ2n) is 4.41. The van der Waals surface area contributed by atoms with Crippen LogP contribution in [0.25, 0.3) is 0 Å². The molecule has 18 heavy (non-hydrogen) atoms. The highest BCUT2D eigenvalue weighted by Crippen LogP contribution is 2.14. The van der Waals surface area contributed by atoms with E-state index in [0.29, 0.717) is 18.7 Å². The summed E-state index contributed by atoms with van der Waals surface area (Å²) in [5.41, 5.74) is 0.495. The second kappa shape index (κ2) is 5.14. The van der Waals surface area contributed by atoms with Crippen molar-refractivity contribution in [2.45, 2.75) is 13.0 Å². The maximum Gasteiger partial charge on any atom is 0.269 e. The minimum atomic E-state index is -0.471. The van der Waals surface area contributed by atoms with E-state index in [9.17, 15) is 14.9 Å². The van der Waals surface area contributed by atoms with Crippen LogP contribution in [0.2, 0.25) is 0 Å². The van der Waals surface area contributed by atoms with Crippen molar-refractivity contribution in [1.29, 1.82) is 0 Å². The van der Waals surface area contributed by atoms with E-state index in [2.05, 4.69) is 5.32 Å². The average molecular weight is 249 g/mol. The number of nitrogens with zero attached hydrogens (tertiary/aromatic N) is 2. The van der Waals surface area contributed by atoms with E-state index in [0.717, 1.165) is 6.54 Å². The molecule has 2 rings (SSSR count). The molecule has 0 radical (unpaired) electrons. The van der Waals surface area contributed by atoms with Crippen LogP contribution in [0.4, 0.5) is 5.69 Å². The Bertz CT molecular complexity index is 458. The molecule has 1 aromatic carbocycles. The second-order valence-corrected chi connectivity index (χ2v) is 4.41. The molecule has 1 aromatic rings. The highest BCUT2D eigenvalue weighted by Gasteiger charge is 2.21. The Balaban J connectivity index is 2.10. The van der Waals surface area contributed by atoms with Gasteiger partial charge in [0.15, 0.2) is 0 Å².